The molecule has 0 saturated heterocycles. The molecule has 1 aromatic carbocycles. The third-order valence-corrected chi connectivity index (χ3v) is 4.01. The van der Waals surface area contributed by atoms with Crippen molar-refractivity contribution < 1.29 is 49.4 Å². The molecule has 182 valence electrons. The highest BCUT2D eigenvalue weighted by atomic mass is 16.5. The van der Waals surface area contributed by atoms with Crippen LogP contribution in [-0.2, 0) is 25.5 Å². The zero-order chi connectivity index (χ0) is 24.7. The van der Waals surface area contributed by atoms with E-state index in [0.717, 1.165) is 18.8 Å². The average Bonchev–Trinajstić information content (AvgIpc) is 2.69. The number of nitrogens with one attached hydrogen (secondary N) is 1. The number of aliphatic carboxylic acids is 3. The highest BCUT2D eigenvalue weighted by Gasteiger charge is 2.40. The van der Waals surface area contributed by atoms with Gasteiger partial charge in [0.15, 0.2) is 5.60 Å². The maximum absolute atomic E-state index is 10.3. The number of carboxylic acid groups (broad SMARTS) is 3. The molecule has 11 nitrogen and oxygen atoms in total. The number of aliphatic hydroxyl groups is 2. The summed E-state index contributed by atoms with van der Waals surface area (Å²) in [6.45, 7) is 5.67. The Balaban J connectivity index is 0.000000649. The second-order valence-electron chi connectivity index (χ2n) is 7.39. The van der Waals surface area contributed by atoms with Gasteiger partial charge in [-0.05, 0) is 24.1 Å². The number of benzene rings is 1. The fourth-order valence-corrected chi connectivity index (χ4v) is 2.31. The molecule has 0 amide bonds. The lowest BCUT2D eigenvalue weighted by atomic mass is 9.96. The monoisotopic (exact) mass is 459 g/mol. The van der Waals surface area contributed by atoms with Crippen LogP contribution in [-0.4, -0.2) is 88.1 Å². The molecule has 0 spiro atoms. The lowest BCUT2D eigenvalue weighted by molar-refractivity contribution is -0.170. The second kappa shape index (κ2) is 15.1. The summed E-state index contributed by atoms with van der Waals surface area (Å²) in [5, 5.41) is 46.7. The standard InChI is InChI=1S/C15H25NO3.C6H8O7/c1-12(2)16-10-14(17)11-19-15-6-4-13(5-7-15)8-9-18-3;7-3(8)1-6(13,5(11)12)2-4(9)10/h4-7,12,14,16-17H,8-11H2,1-3H3;13H,1-2H2,(H,7,8)(H,9,10)(H,11,12). The van der Waals surface area contributed by atoms with Crippen molar-refractivity contribution in [3.05, 3.63) is 29.8 Å². The third-order valence-electron chi connectivity index (χ3n) is 4.01. The normalized spacial score (nSPS) is 11.9. The Labute approximate surface area is 186 Å². The van der Waals surface area contributed by atoms with Crippen LogP contribution in [0.15, 0.2) is 24.3 Å². The van der Waals surface area contributed by atoms with Crippen LogP contribution in [0.3, 0.4) is 0 Å². The van der Waals surface area contributed by atoms with Gasteiger partial charge in [0.25, 0.3) is 0 Å². The van der Waals surface area contributed by atoms with E-state index in [9.17, 15) is 19.5 Å². The lowest BCUT2D eigenvalue weighted by Gasteiger charge is -2.18. The summed E-state index contributed by atoms with van der Waals surface area (Å²) in [4.78, 5) is 30.5. The quantitative estimate of drug-likeness (QED) is 0.226. The summed E-state index contributed by atoms with van der Waals surface area (Å²) in [6.07, 6.45) is -1.88. The van der Waals surface area contributed by atoms with E-state index in [2.05, 4.69) is 5.32 Å². The summed E-state index contributed by atoms with van der Waals surface area (Å²) in [5.41, 5.74) is -1.52. The van der Waals surface area contributed by atoms with Gasteiger partial charge < -0.3 is 40.3 Å². The number of carbonyl (C=O) groups is 3. The molecule has 0 saturated carbocycles. The van der Waals surface area contributed by atoms with E-state index in [1.165, 1.54) is 5.56 Å². The molecular weight excluding hydrogens is 426 g/mol. The molecule has 1 aromatic rings. The van der Waals surface area contributed by atoms with Crippen molar-refractivity contribution >= 4 is 17.9 Å². The van der Waals surface area contributed by atoms with Gasteiger partial charge in [0.2, 0.25) is 0 Å². The maximum atomic E-state index is 10.3. The zero-order valence-electron chi connectivity index (χ0n) is 18.5. The molecule has 11 heteroatoms. The SMILES string of the molecule is COCCc1ccc(OCC(O)CNC(C)C)cc1.O=C(O)CC(O)(CC(=O)O)C(=O)O. The smallest absolute Gasteiger partial charge is 0.336 e. The average molecular weight is 459 g/mol. The maximum Gasteiger partial charge on any atom is 0.336 e. The van der Waals surface area contributed by atoms with E-state index < -0.39 is 42.5 Å². The molecule has 0 fully saturated rings. The van der Waals surface area contributed by atoms with Crippen LogP contribution in [0.1, 0.15) is 32.3 Å². The van der Waals surface area contributed by atoms with Crippen LogP contribution in [0.25, 0.3) is 0 Å². The van der Waals surface area contributed by atoms with Crippen molar-refractivity contribution in [2.45, 2.75) is 50.9 Å². The molecule has 0 heterocycles. The van der Waals surface area contributed by atoms with Gasteiger partial charge >= 0.3 is 17.9 Å². The third kappa shape index (κ3) is 13.5. The van der Waals surface area contributed by atoms with E-state index in [0.29, 0.717) is 19.2 Å². The fourth-order valence-electron chi connectivity index (χ4n) is 2.31. The Morgan fingerprint density at radius 1 is 1.03 bits per heavy atom. The van der Waals surface area contributed by atoms with Crippen molar-refractivity contribution in [3.63, 3.8) is 0 Å². The summed E-state index contributed by atoms with van der Waals surface area (Å²) in [7, 11) is 1.70. The van der Waals surface area contributed by atoms with E-state index in [4.69, 9.17) is 29.9 Å². The Morgan fingerprint density at radius 2 is 1.56 bits per heavy atom. The van der Waals surface area contributed by atoms with Crippen LogP contribution in [0.4, 0.5) is 0 Å². The molecular formula is C21H33NO10. The number of hydrogen-bond donors (Lipinski definition) is 6. The van der Waals surface area contributed by atoms with Crippen LogP contribution in [0.5, 0.6) is 5.75 Å². The molecule has 1 unspecified atom stereocenters. The fraction of sp³-hybridized carbons (Fsp3) is 0.571. The highest BCUT2D eigenvalue weighted by molar-refractivity contribution is 5.88. The van der Waals surface area contributed by atoms with Gasteiger partial charge in [-0.25, -0.2) is 4.79 Å². The van der Waals surface area contributed by atoms with Crippen molar-refractivity contribution in [1.82, 2.24) is 5.32 Å². The first-order chi connectivity index (χ1) is 14.9. The Morgan fingerprint density at radius 3 is 1.97 bits per heavy atom. The van der Waals surface area contributed by atoms with E-state index in [-0.39, 0.29) is 0 Å². The molecule has 6 N–H and O–H groups in total. The van der Waals surface area contributed by atoms with Gasteiger partial charge in [-0.15, -0.1) is 0 Å². The number of rotatable bonds is 14. The molecule has 1 atom stereocenters. The van der Waals surface area contributed by atoms with Crippen LogP contribution >= 0.6 is 0 Å². The van der Waals surface area contributed by atoms with Crippen molar-refractivity contribution in [2.24, 2.45) is 0 Å². The minimum Gasteiger partial charge on any atom is -0.491 e. The van der Waals surface area contributed by atoms with E-state index in [1.807, 2.05) is 38.1 Å². The van der Waals surface area contributed by atoms with Gasteiger partial charge in [-0.2, -0.15) is 0 Å². The van der Waals surface area contributed by atoms with Gasteiger partial charge in [0.1, 0.15) is 18.5 Å². The minimum absolute atomic E-state index is 0.303. The molecule has 1 rings (SSSR count). The van der Waals surface area contributed by atoms with E-state index in [1.54, 1.807) is 7.11 Å². The summed E-state index contributed by atoms with van der Waals surface area (Å²) in [5.74, 6) is -4.24. The molecule has 0 aliphatic rings. The first kappa shape index (κ1) is 29.3. The van der Waals surface area contributed by atoms with Crippen LogP contribution < -0.4 is 10.1 Å². The first-order valence-electron chi connectivity index (χ1n) is 9.91. The Kier molecular flexibility index (Phi) is 13.8. The van der Waals surface area contributed by atoms with Gasteiger partial charge in [0, 0.05) is 19.7 Å². The Hall–Kier alpha value is -2.73. The largest absolute Gasteiger partial charge is 0.491 e. The Bertz CT molecular complexity index is 689. The van der Waals surface area contributed by atoms with Crippen LogP contribution in [0, 0.1) is 0 Å². The van der Waals surface area contributed by atoms with E-state index >= 15 is 0 Å². The molecule has 32 heavy (non-hydrogen) atoms. The van der Waals surface area contributed by atoms with Gasteiger partial charge in [0.05, 0.1) is 19.4 Å². The number of hydrogen-bond acceptors (Lipinski definition) is 8. The van der Waals surface area contributed by atoms with Crippen molar-refractivity contribution in [1.29, 1.82) is 0 Å². The number of aliphatic hydroxyl groups excluding tert-OH is 1. The molecule has 0 bridgehead atoms. The van der Waals surface area contributed by atoms with Crippen molar-refractivity contribution in [2.75, 3.05) is 26.9 Å². The number of ether oxygens (including phenoxy) is 2. The van der Waals surface area contributed by atoms with Gasteiger partial charge in [-0.3, -0.25) is 9.59 Å². The van der Waals surface area contributed by atoms with Crippen molar-refractivity contribution in [3.8, 4) is 5.75 Å². The molecule has 0 aliphatic heterocycles. The zero-order valence-corrected chi connectivity index (χ0v) is 18.5. The first-order valence-corrected chi connectivity index (χ1v) is 9.91. The molecule has 0 radical (unpaired) electrons. The lowest BCUT2D eigenvalue weighted by Crippen LogP contribution is -2.42. The van der Waals surface area contributed by atoms with Crippen LogP contribution in [0.2, 0.25) is 0 Å². The minimum atomic E-state index is -2.74. The highest BCUT2D eigenvalue weighted by Crippen LogP contribution is 2.16. The van der Waals surface area contributed by atoms with Gasteiger partial charge in [-0.1, -0.05) is 26.0 Å². The topological polar surface area (TPSA) is 183 Å². The summed E-state index contributed by atoms with van der Waals surface area (Å²) < 4.78 is 10.6. The summed E-state index contributed by atoms with van der Waals surface area (Å²) in [6, 6.07) is 8.26. The number of carboxylic acids is 3. The molecule has 0 aliphatic carbocycles. The second-order valence-corrected chi connectivity index (χ2v) is 7.39. The number of methoxy groups -OCH3 is 1. The predicted octanol–water partition coefficient (Wildman–Crippen LogP) is 0.365. The summed E-state index contributed by atoms with van der Waals surface area (Å²) >= 11 is 0. The molecule has 0 aromatic heterocycles. The predicted molar refractivity (Wildman–Crippen MR) is 114 cm³/mol.